The first-order chi connectivity index (χ1) is 10.0. The van der Waals surface area contributed by atoms with E-state index in [-0.39, 0.29) is 25.0 Å². The molecule has 1 fully saturated rings. The van der Waals surface area contributed by atoms with E-state index in [4.69, 9.17) is 9.84 Å². The molecule has 3 rings (SSSR count). The van der Waals surface area contributed by atoms with Gasteiger partial charge in [-0.15, -0.1) is 0 Å². The molecule has 2 atom stereocenters. The third-order valence-electron chi connectivity index (χ3n) is 4.10. The summed E-state index contributed by atoms with van der Waals surface area (Å²) in [5, 5.41) is 9.01. The van der Waals surface area contributed by atoms with Crippen molar-refractivity contribution >= 4 is 27.8 Å². The van der Waals surface area contributed by atoms with Gasteiger partial charge in [-0.1, -0.05) is 22.0 Å². The van der Waals surface area contributed by atoms with Gasteiger partial charge in [-0.3, -0.25) is 4.79 Å². The van der Waals surface area contributed by atoms with Gasteiger partial charge in [0.1, 0.15) is 0 Å². The Morgan fingerprint density at radius 2 is 2.05 bits per heavy atom. The lowest BCUT2D eigenvalue weighted by Crippen LogP contribution is -2.50. The summed E-state index contributed by atoms with van der Waals surface area (Å²) in [5.41, 5.74) is 2.41. The number of morpholine rings is 1. The zero-order valence-corrected chi connectivity index (χ0v) is 13.0. The average molecular weight is 354 g/mol. The van der Waals surface area contributed by atoms with Crippen LogP contribution in [0.1, 0.15) is 11.1 Å². The van der Waals surface area contributed by atoms with Crippen molar-refractivity contribution in [1.29, 1.82) is 0 Å². The highest BCUT2D eigenvalue weighted by Gasteiger charge is 2.35. The number of halogens is 1. The van der Waals surface area contributed by atoms with Crippen molar-refractivity contribution in [2.45, 2.75) is 18.9 Å². The number of benzene rings is 1. The lowest BCUT2D eigenvalue weighted by molar-refractivity contribution is -0.160. The third-order valence-corrected chi connectivity index (χ3v) is 4.60. The molecule has 0 aromatic heterocycles. The smallest absolute Gasteiger partial charge is 0.334 e. The maximum absolute atomic E-state index is 12.6. The molecule has 1 aromatic rings. The fraction of sp³-hybridized carbons (Fsp3) is 0.467. The van der Waals surface area contributed by atoms with Gasteiger partial charge in [0.25, 0.3) is 0 Å². The second kappa shape index (κ2) is 5.77. The van der Waals surface area contributed by atoms with Gasteiger partial charge in [0.15, 0.2) is 6.10 Å². The molecule has 5 nitrogen and oxygen atoms in total. The molecule has 0 saturated carbocycles. The van der Waals surface area contributed by atoms with Crippen LogP contribution in [-0.2, 0) is 27.2 Å². The van der Waals surface area contributed by atoms with Crippen LogP contribution in [-0.4, -0.2) is 47.7 Å². The summed E-state index contributed by atoms with van der Waals surface area (Å²) in [6.45, 7) is 0.901. The van der Waals surface area contributed by atoms with Crippen LogP contribution in [0.3, 0.4) is 0 Å². The van der Waals surface area contributed by atoms with Crippen LogP contribution in [0.2, 0.25) is 0 Å². The fourth-order valence-corrected chi connectivity index (χ4v) is 3.43. The number of carbonyl (C=O) groups excluding carboxylic acids is 1. The maximum Gasteiger partial charge on any atom is 0.334 e. The predicted octanol–water partition coefficient (Wildman–Crippen LogP) is 1.48. The Balaban J connectivity index is 1.68. The molecular weight excluding hydrogens is 338 g/mol. The number of carbonyl (C=O) groups is 2. The average Bonchev–Trinajstić information content (AvgIpc) is 2.89. The maximum atomic E-state index is 12.6. The normalized spacial score (nSPS) is 24.7. The lowest BCUT2D eigenvalue weighted by atomic mass is 10.0. The van der Waals surface area contributed by atoms with Crippen LogP contribution in [0.15, 0.2) is 22.7 Å². The van der Waals surface area contributed by atoms with E-state index in [0.29, 0.717) is 6.54 Å². The summed E-state index contributed by atoms with van der Waals surface area (Å²) in [6, 6.07) is 6.09. The monoisotopic (exact) mass is 353 g/mol. The largest absolute Gasteiger partial charge is 0.479 e. The molecule has 1 heterocycles. The minimum absolute atomic E-state index is 0.0388. The minimum Gasteiger partial charge on any atom is -0.479 e. The van der Waals surface area contributed by atoms with Gasteiger partial charge in [0.05, 0.1) is 13.2 Å². The van der Waals surface area contributed by atoms with E-state index in [1.807, 2.05) is 12.1 Å². The van der Waals surface area contributed by atoms with Gasteiger partial charge in [-0.25, -0.2) is 4.79 Å². The van der Waals surface area contributed by atoms with Crippen LogP contribution >= 0.6 is 15.9 Å². The molecule has 0 spiro atoms. The Kier molecular flexibility index (Phi) is 3.99. The molecule has 1 aliphatic carbocycles. The van der Waals surface area contributed by atoms with E-state index in [1.165, 1.54) is 11.1 Å². The molecular formula is C15H16BrNO4. The van der Waals surface area contributed by atoms with Gasteiger partial charge in [-0.05, 0) is 36.1 Å². The summed E-state index contributed by atoms with van der Waals surface area (Å²) in [7, 11) is 0. The van der Waals surface area contributed by atoms with Gasteiger partial charge in [0.2, 0.25) is 5.91 Å². The number of carboxylic acid groups (broad SMARTS) is 1. The van der Waals surface area contributed by atoms with E-state index < -0.39 is 12.1 Å². The topological polar surface area (TPSA) is 66.8 Å². The SMILES string of the molecule is O=C(O)C1CN(C(=O)C2Cc3ccc(Br)cc3C2)CCO1. The standard InChI is InChI=1S/C15H16BrNO4/c16-12-2-1-9-5-11(6-10(9)7-12)14(18)17-3-4-21-13(8-17)15(19)20/h1-2,7,11,13H,3-6,8H2,(H,19,20). The molecule has 2 aliphatic rings. The Morgan fingerprint density at radius 3 is 2.81 bits per heavy atom. The van der Waals surface area contributed by atoms with E-state index in [2.05, 4.69) is 22.0 Å². The number of hydrogen-bond donors (Lipinski definition) is 1. The molecule has 1 N–H and O–H groups in total. The number of amides is 1. The number of fused-ring (bicyclic) bond motifs is 1. The lowest BCUT2D eigenvalue weighted by Gasteiger charge is -2.32. The third kappa shape index (κ3) is 2.96. The molecule has 1 aromatic carbocycles. The molecule has 1 amide bonds. The van der Waals surface area contributed by atoms with Gasteiger partial charge >= 0.3 is 5.97 Å². The van der Waals surface area contributed by atoms with Crippen LogP contribution in [0.4, 0.5) is 0 Å². The highest BCUT2D eigenvalue weighted by Crippen LogP contribution is 2.30. The van der Waals surface area contributed by atoms with Crippen LogP contribution in [0.25, 0.3) is 0 Å². The zero-order valence-electron chi connectivity index (χ0n) is 11.4. The van der Waals surface area contributed by atoms with Crippen molar-refractivity contribution in [3.8, 4) is 0 Å². The van der Waals surface area contributed by atoms with Gasteiger partial charge in [0, 0.05) is 16.9 Å². The van der Waals surface area contributed by atoms with Crippen molar-refractivity contribution in [3.05, 3.63) is 33.8 Å². The molecule has 1 saturated heterocycles. The fourth-order valence-electron chi connectivity index (χ4n) is 3.02. The van der Waals surface area contributed by atoms with E-state index >= 15 is 0 Å². The zero-order chi connectivity index (χ0) is 15.0. The van der Waals surface area contributed by atoms with Crippen molar-refractivity contribution < 1.29 is 19.4 Å². The second-order valence-corrected chi connectivity index (χ2v) is 6.42. The number of ether oxygens (including phenoxy) is 1. The molecule has 21 heavy (non-hydrogen) atoms. The molecule has 1 aliphatic heterocycles. The quantitative estimate of drug-likeness (QED) is 0.874. The van der Waals surface area contributed by atoms with Crippen LogP contribution in [0, 0.1) is 5.92 Å². The highest BCUT2D eigenvalue weighted by molar-refractivity contribution is 9.10. The Morgan fingerprint density at radius 1 is 1.29 bits per heavy atom. The van der Waals surface area contributed by atoms with Crippen molar-refractivity contribution in [3.63, 3.8) is 0 Å². The molecule has 0 radical (unpaired) electrons. The van der Waals surface area contributed by atoms with Crippen LogP contribution in [0.5, 0.6) is 0 Å². The summed E-state index contributed by atoms with van der Waals surface area (Å²) >= 11 is 3.45. The Labute approximate surface area is 131 Å². The summed E-state index contributed by atoms with van der Waals surface area (Å²) in [5.74, 6) is -1.05. The Bertz CT molecular complexity index is 589. The first-order valence-corrected chi connectivity index (χ1v) is 7.74. The first-order valence-electron chi connectivity index (χ1n) is 6.95. The minimum atomic E-state index is -1.01. The Hall–Kier alpha value is -1.40. The highest BCUT2D eigenvalue weighted by atomic mass is 79.9. The van der Waals surface area contributed by atoms with E-state index in [1.54, 1.807) is 4.90 Å². The van der Waals surface area contributed by atoms with E-state index in [0.717, 1.165) is 17.3 Å². The van der Waals surface area contributed by atoms with Crippen molar-refractivity contribution in [2.75, 3.05) is 19.7 Å². The predicted molar refractivity (Wildman–Crippen MR) is 79.0 cm³/mol. The number of nitrogens with zero attached hydrogens (tertiary/aromatic N) is 1. The number of hydrogen-bond acceptors (Lipinski definition) is 3. The molecule has 112 valence electrons. The summed E-state index contributed by atoms with van der Waals surface area (Å²) < 4.78 is 6.18. The molecule has 6 heteroatoms. The van der Waals surface area contributed by atoms with Gasteiger partial charge < -0.3 is 14.7 Å². The number of carboxylic acids is 1. The van der Waals surface area contributed by atoms with Crippen molar-refractivity contribution in [1.82, 2.24) is 4.90 Å². The first kappa shape index (κ1) is 14.5. The summed E-state index contributed by atoms with van der Waals surface area (Å²) in [6.07, 6.45) is 0.555. The van der Waals surface area contributed by atoms with Crippen LogP contribution < -0.4 is 0 Å². The number of aliphatic carboxylic acids is 1. The second-order valence-electron chi connectivity index (χ2n) is 5.50. The number of rotatable bonds is 2. The van der Waals surface area contributed by atoms with Crippen molar-refractivity contribution in [2.24, 2.45) is 5.92 Å². The molecule has 0 bridgehead atoms. The van der Waals surface area contributed by atoms with E-state index in [9.17, 15) is 9.59 Å². The molecule has 2 unspecified atom stereocenters. The summed E-state index contributed by atoms with van der Waals surface area (Å²) in [4.78, 5) is 25.2. The van der Waals surface area contributed by atoms with Gasteiger partial charge in [-0.2, -0.15) is 0 Å².